The van der Waals surface area contributed by atoms with Crippen LogP contribution in [0.25, 0.3) is 0 Å². The van der Waals surface area contributed by atoms with Crippen LogP contribution >= 0.6 is 0 Å². The Kier molecular flexibility index (Phi) is 7.47. The summed E-state index contributed by atoms with van der Waals surface area (Å²) in [5, 5.41) is 2.85. The van der Waals surface area contributed by atoms with Crippen molar-refractivity contribution in [2.45, 2.75) is 40.2 Å². The Bertz CT molecular complexity index is 754. The fraction of sp³-hybridized carbons (Fsp3) is 0.652. The minimum atomic E-state index is -0.362. The first-order valence-corrected chi connectivity index (χ1v) is 11.0. The number of carbonyl (C=O) groups excluding carboxylic acids is 2. The van der Waals surface area contributed by atoms with Crippen molar-refractivity contribution in [3.8, 4) is 0 Å². The van der Waals surface area contributed by atoms with Crippen LogP contribution < -0.4 is 5.32 Å². The maximum Gasteiger partial charge on any atom is 0.241 e. The number of nitrogens with one attached hydrogen (secondary N) is 1. The summed E-state index contributed by atoms with van der Waals surface area (Å²) < 4.78 is 13.5. The number of carbonyl (C=O) groups is 2. The van der Waals surface area contributed by atoms with Crippen LogP contribution in [0.15, 0.2) is 18.2 Å². The van der Waals surface area contributed by atoms with Crippen LogP contribution in [0, 0.1) is 24.6 Å². The third kappa shape index (κ3) is 5.79. The van der Waals surface area contributed by atoms with Gasteiger partial charge in [0.2, 0.25) is 11.8 Å². The predicted molar refractivity (Wildman–Crippen MR) is 117 cm³/mol. The van der Waals surface area contributed by atoms with E-state index < -0.39 is 0 Å². The average Bonchev–Trinajstić information content (AvgIpc) is 2.70. The van der Waals surface area contributed by atoms with Crippen LogP contribution in [0.3, 0.4) is 0 Å². The molecule has 0 spiro atoms. The van der Waals surface area contributed by atoms with E-state index in [1.54, 1.807) is 6.07 Å². The number of nitrogens with zero attached hydrogens (tertiary/aromatic N) is 3. The van der Waals surface area contributed by atoms with Crippen LogP contribution in [0.5, 0.6) is 0 Å². The zero-order chi connectivity index (χ0) is 21.8. The van der Waals surface area contributed by atoms with Crippen LogP contribution in [-0.4, -0.2) is 78.4 Å². The Hall–Kier alpha value is -1.99. The summed E-state index contributed by atoms with van der Waals surface area (Å²) in [6, 6.07) is 4.09. The van der Waals surface area contributed by atoms with Crippen molar-refractivity contribution in [1.29, 1.82) is 0 Å². The fourth-order valence-corrected chi connectivity index (χ4v) is 4.60. The minimum Gasteiger partial charge on any atom is -0.341 e. The summed E-state index contributed by atoms with van der Waals surface area (Å²) in [5.41, 5.74) is 1.35. The van der Waals surface area contributed by atoms with E-state index in [-0.39, 0.29) is 23.7 Å². The number of aryl methyl sites for hydroxylation is 1. The molecule has 0 radical (unpaired) electrons. The highest BCUT2D eigenvalue weighted by molar-refractivity contribution is 5.95. The number of anilines is 1. The number of amides is 2. The van der Waals surface area contributed by atoms with Crippen LogP contribution in [0.4, 0.5) is 10.1 Å². The highest BCUT2D eigenvalue weighted by Crippen LogP contribution is 2.21. The van der Waals surface area contributed by atoms with Crippen LogP contribution in [-0.2, 0) is 9.59 Å². The van der Waals surface area contributed by atoms with E-state index in [0.717, 1.165) is 44.8 Å². The summed E-state index contributed by atoms with van der Waals surface area (Å²) in [5.74, 6) is 0.851. The van der Waals surface area contributed by atoms with E-state index in [1.165, 1.54) is 18.6 Å². The highest BCUT2D eigenvalue weighted by atomic mass is 19.1. The maximum absolute atomic E-state index is 13.5. The van der Waals surface area contributed by atoms with Crippen LogP contribution in [0.1, 0.15) is 32.8 Å². The maximum atomic E-state index is 13.5. The van der Waals surface area contributed by atoms with Gasteiger partial charge in [0.25, 0.3) is 0 Å². The molecule has 3 atom stereocenters. The first-order chi connectivity index (χ1) is 14.2. The van der Waals surface area contributed by atoms with E-state index in [1.807, 2.05) is 18.7 Å². The molecular formula is C23H35FN4O2. The summed E-state index contributed by atoms with van der Waals surface area (Å²) in [4.78, 5) is 31.7. The second-order valence-electron chi connectivity index (χ2n) is 9.18. The number of piperidine rings is 1. The molecule has 166 valence electrons. The lowest BCUT2D eigenvalue weighted by molar-refractivity contribution is -0.136. The van der Waals surface area contributed by atoms with Crippen molar-refractivity contribution in [3.63, 3.8) is 0 Å². The summed E-state index contributed by atoms with van der Waals surface area (Å²) in [7, 11) is 0. The Balaban J connectivity index is 1.47. The van der Waals surface area contributed by atoms with Crippen molar-refractivity contribution < 1.29 is 14.0 Å². The van der Waals surface area contributed by atoms with E-state index in [4.69, 9.17) is 0 Å². The SMILES string of the molecule is Cc1ccc(F)cc1NC(=O)C(C)N1CCN(CC(=O)N2CC(C)CC(C)C2)CC1. The van der Waals surface area contributed by atoms with E-state index >= 15 is 0 Å². The zero-order valence-electron chi connectivity index (χ0n) is 18.7. The third-order valence-electron chi connectivity index (χ3n) is 6.37. The second kappa shape index (κ2) is 9.88. The highest BCUT2D eigenvalue weighted by Gasteiger charge is 2.29. The zero-order valence-corrected chi connectivity index (χ0v) is 18.7. The van der Waals surface area contributed by atoms with Gasteiger partial charge in [-0.3, -0.25) is 19.4 Å². The number of hydrogen-bond acceptors (Lipinski definition) is 4. The Morgan fingerprint density at radius 1 is 1.13 bits per heavy atom. The van der Waals surface area contributed by atoms with Gasteiger partial charge < -0.3 is 10.2 Å². The molecule has 2 aliphatic rings. The largest absolute Gasteiger partial charge is 0.341 e. The van der Waals surface area contributed by atoms with Gasteiger partial charge in [-0.1, -0.05) is 19.9 Å². The van der Waals surface area contributed by atoms with Gasteiger partial charge in [0, 0.05) is 45.0 Å². The fourth-order valence-electron chi connectivity index (χ4n) is 4.60. The van der Waals surface area contributed by atoms with Gasteiger partial charge in [0.15, 0.2) is 0 Å². The molecule has 0 aliphatic carbocycles. The topological polar surface area (TPSA) is 55.9 Å². The van der Waals surface area contributed by atoms with E-state index in [9.17, 15) is 14.0 Å². The molecule has 3 rings (SSSR count). The summed E-state index contributed by atoms with van der Waals surface area (Å²) >= 11 is 0. The van der Waals surface area contributed by atoms with Crippen molar-refractivity contribution in [2.24, 2.45) is 11.8 Å². The number of rotatable bonds is 5. The Morgan fingerprint density at radius 2 is 1.77 bits per heavy atom. The lowest BCUT2D eigenvalue weighted by Crippen LogP contribution is -2.55. The lowest BCUT2D eigenvalue weighted by Gasteiger charge is -2.39. The smallest absolute Gasteiger partial charge is 0.241 e. The molecule has 1 N–H and O–H groups in total. The van der Waals surface area contributed by atoms with Gasteiger partial charge in [-0.05, 0) is 49.8 Å². The van der Waals surface area contributed by atoms with Gasteiger partial charge in [0.1, 0.15) is 5.82 Å². The van der Waals surface area contributed by atoms with Gasteiger partial charge in [0.05, 0.1) is 12.6 Å². The van der Waals surface area contributed by atoms with Crippen molar-refractivity contribution in [3.05, 3.63) is 29.6 Å². The molecule has 1 aromatic rings. The van der Waals surface area contributed by atoms with Crippen molar-refractivity contribution >= 4 is 17.5 Å². The van der Waals surface area contributed by atoms with Crippen molar-refractivity contribution in [2.75, 3.05) is 51.1 Å². The van der Waals surface area contributed by atoms with E-state index in [2.05, 4.69) is 29.0 Å². The molecule has 0 saturated carbocycles. The molecular weight excluding hydrogens is 383 g/mol. The summed E-state index contributed by atoms with van der Waals surface area (Å²) in [6.07, 6.45) is 1.19. The Morgan fingerprint density at radius 3 is 2.40 bits per heavy atom. The van der Waals surface area contributed by atoms with Gasteiger partial charge in [-0.25, -0.2) is 4.39 Å². The number of likely N-dealkylation sites (tertiary alicyclic amines) is 1. The molecule has 2 saturated heterocycles. The summed E-state index contributed by atoms with van der Waals surface area (Å²) in [6.45, 7) is 13.3. The molecule has 30 heavy (non-hydrogen) atoms. The standard InChI is InChI=1S/C23H35FN4O2/c1-16-11-17(2)14-28(13-16)22(29)15-26-7-9-27(10-8-26)19(4)23(30)25-21-12-20(24)6-5-18(21)3/h5-6,12,16-17,19H,7-11,13-15H2,1-4H3,(H,25,30). The third-order valence-corrected chi connectivity index (χ3v) is 6.37. The van der Waals surface area contributed by atoms with Crippen LogP contribution in [0.2, 0.25) is 0 Å². The number of halogens is 1. The molecule has 2 heterocycles. The Labute approximate surface area is 179 Å². The van der Waals surface area contributed by atoms with Gasteiger partial charge >= 0.3 is 0 Å². The normalized spacial score (nSPS) is 24.5. The molecule has 7 heteroatoms. The molecule has 0 aromatic heterocycles. The number of benzene rings is 1. The average molecular weight is 419 g/mol. The number of hydrogen-bond donors (Lipinski definition) is 1. The first kappa shape index (κ1) is 22.7. The quantitative estimate of drug-likeness (QED) is 0.799. The molecule has 1 aromatic carbocycles. The predicted octanol–water partition coefficient (Wildman–Crippen LogP) is 2.58. The monoisotopic (exact) mass is 418 g/mol. The molecule has 2 fully saturated rings. The van der Waals surface area contributed by atoms with Gasteiger partial charge in [-0.15, -0.1) is 0 Å². The molecule has 2 amide bonds. The van der Waals surface area contributed by atoms with E-state index in [0.29, 0.717) is 24.1 Å². The number of piperazine rings is 1. The molecule has 3 unspecified atom stereocenters. The molecule has 0 bridgehead atoms. The second-order valence-corrected chi connectivity index (χ2v) is 9.18. The van der Waals surface area contributed by atoms with Crippen molar-refractivity contribution in [1.82, 2.24) is 14.7 Å². The molecule has 6 nitrogen and oxygen atoms in total. The minimum absolute atomic E-state index is 0.135. The van der Waals surface area contributed by atoms with Gasteiger partial charge in [-0.2, -0.15) is 0 Å². The lowest BCUT2D eigenvalue weighted by atomic mass is 9.92. The molecule has 2 aliphatic heterocycles. The first-order valence-electron chi connectivity index (χ1n) is 11.0.